The standard InChI is InChI=1S/C16H13N5O3S/c1-24-14(22)9-13-15(23)19-16(25-13)20-17-10-11-5-2-3-6-12(11)21-8-4-7-18-21/h2-10H,1H3,(H,19,20,23)/b13-9+,17-10?. The molecule has 8 nitrogen and oxygen atoms in total. The van der Waals surface area contributed by atoms with Crippen molar-refractivity contribution in [2.24, 2.45) is 10.2 Å². The molecule has 1 N–H and O–H groups in total. The van der Waals surface area contributed by atoms with E-state index in [-0.39, 0.29) is 10.1 Å². The van der Waals surface area contributed by atoms with E-state index < -0.39 is 11.9 Å². The van der Waals surface area contributed by atoms with Crippen LogP contribution in [0.5, 0.6) is 0 Å². The van der Waals surface area contributed by atoms with Crippen LogP contribution in [0.15, 0.2) is 63.9 Å². The van der Waals surface area contributed by atoms with Crippen molar-refractivity contribution in [2.45, 2.75) is 0 Å². The molecule has 2 aromatic rings. The fourth-order valence-electron chi connectivity index (χ4n) is 2.00. The van der Waals surface area contributed by atoms with E-state index in [0.717, 1.165) is 29.1 Å². The second-order valence-corrected chi connectivity index (χ2v) is 5.78. The number of esters is 1. The number of thioether (sulfide) groups is 1. The number of nitrogens with one attached hydrogen (secondary N) is 1. The molecular weight excluding hydrogens is 342 g/mol. The van der Waals surface area contributed by atoms with Crippen molar-refractivity contribution in [3.63, 3.8) is 0 Å². The van der Waals surface area contributed by atoms with Gasteiger partial charge in [0.05, 0.1) is 23.9 Å². The van der Waals surface area contributed by atoms with Gasteiger partial charge < -0.3 is 4.74 Å². The van der Waals surface area contributed by atoms with Gasteiger partial charge in [0.1, 0.15) is 0 Å². The topological polar surface area (TPSA) is 97.9 Å². The number of nitrogens with zero attached hydrogens (tertiary/aromatic N) is 4. The summed E-state index contributed by atoms with van der Waals surface area (Å²) in [6.45, 7) is 0. The molecule has 126 valence electrons. The first-order chi connectivity index (χ1) is 12.2. The first-order valence-corrected chi connectivity index (χ1v) is 7.98. The second-order valence-electron chi connectivity index (χ2n) is 4.75. The number of para-hydroxylation sites is 1. The van der Waals surface area contributed by atoms with Gasteiger partial charge in [-0.3, -0.25) is 10.1 Å². The first-order valence-electron chi connectivity index (χ1n) is 7.16. The highest BCUT2D eigenvalue weighted by Crippen LogP contribution is 2.23. The number of hydrogen-bond acceptors (Lipinski definition) is 7. The van der Waals surface area contributed by atoms with Crippen molar-refractivity contribution in [3.8, 4) is 5.69 Å². The number of amides is 1. The lowest BCUT2D eigenvalue weighted by Gasteiger charge is -2.04. The zero-order valence-corrected chi connectivity index (χ0v) is 13.9. The average Bonchev–Trinajstić information content (AvgIpc) is 3.26. The quantitative estimate of drug-likeness (QED) is 0.388. The molecule has 1 aliphatic heterocycles. The van der Waals surface area contributed by atoms with Crippen molar-refractivity contribution >= 4 is 35.0 Å². The van der Waals surface area contributed by atoms with Crippen molar-refractivity contribution in [2.75, 3.05) is 7.11 Å². The van der Waals surface area contributed by atoms with Gasteiger partial charge in [0.25, 0.3) is 5.91 Å². The third-order valence-corrected chi connectivity index (χ3v) is 4.03. The van der Waals surface area contributed by atoms with Gasteiger partial charge in [-0.25, -0.2) is 9.48 Å². The molecular formula is C16H13N5O3S. The van der Waals surface area contributed by atoms with Crippen LogP contribution >= 0.6 is 11.8 Å². The van der Waals surface area contributed by atoms with Gasteiger partial charge in [-0.05, 0) is 23.9 Å². The number of carbonyl (C=O) groups is 2. The van der Waals surface area contributed by atoms with E-state index in [1.807, 2.05) is 36.5 Å². The molecule has 1 aliphatic rings. The Morgan fingerprint density at radius 2 is 2.20 bits per heavy atom. The Bertz CT molecular complexity index is 887. The number of rotatable bonds is 4. The molecule has 0 bridgehead atoms. The van der Waals surface area contributed by atoms with Crippen LogP contribution in [0.2, 0.25) is 0 Å². The van der Waals surface area contributed by atoms with Crippen LogP contribution in [0.3, 0.4) is 0 Å². The van der Waals surface area contributed by atoms with Crippen LogP contribution < -0.4 is 5.32 Å². The minimum absolute atomic E-state index is 0.206. The monoisotopic (exact) mass is 355 g/mol. The lowest BCUT2D eigenvalue weighted by atomic mass is 10.2. The summed E-state index contributed by atoms with van der Waals surface area (Å²) in [4.78, 5) is 23.1. The highest BCUT2D eigenvalue weighted by atomic mass is 32.2. The Hall–Kier alpha value is -3.20. The fraction of sp³-hybridized carbons (Fsp3) is 0.0625. The molecule has 1 amide bonds. The Morgan fingerprint density at radius 1 is 1.36 bits per heavy atom. The van der Waals surface area contributed by atoms with E-state index in [0.29, 0.717) is 0 Å². The normalized spacial score (nSPS) is 17.4. The van der Waals surface area contributed by atoms with E-state index in [1.54, 1.807) is 17.1 Å². The molecule has 9 heteroatoms. The third-order valence-electron chi connectivity index (χ3n) is 3.13. The van der Waals surface area contributed by atoms with Crippen LogP contribution in [0.25, 0.3) is 5.69 Å². The molecule has 1 aromatic carbocycles. The second kappa shape index (κ2) is 7.58. The third kappa shape index (κ3) is 4.01. The number of aromatic nitrogens is 2. The molecule has 0 saturated carbocycles. The first kappa shape index (κ1) is 16.7. The molecule has 0 atom stereocenters. The molecule has 0 aliphatic carbocycles. The van der Waals surface area contributed by atoms with Gasteiger partial charge >= 0.3 is 5.97 Å². The lowest BCUT2D eigenvalue weighted by Crippen LogP contribution is -2.19. The highest BCUT2D eigenvalue weighted by molar-refractivity contribution is 8.18. The van der Waals surface area contributed by atoms with Crippen molar-refractivity contribution < 1.29 is 14.3 Å². The van der Waals surface area contributed by atoms with Gasteiger partial charge in [-0.2, -0.15) is 10.2 Å². The summed E-state index contributed by atoms with van der Waals surface area (Å²) in [7, 11) is 1.24. The zero-order chi connectivity index (χ0) is 17.6. The fourth-order valence-corrected chi connectivity index (χ4v) is 2.74. The Balaban J connectivity index is 1.76. The zero-order valence-electron chi connectivity index (χ0n) is 13.1. The number of ether oxygens (including phenoxy) is 1. The Labute approximate surface area is 147 Å². The van der Waals surface area contributed by atoms with E-state index in [9.17, 15) is 9.59 Å². The minimum atomic E-state index is -0.601. The number of carbonyl (C=O) groups excluding carboxylic acids is 2. The molecule has 1 aromatic heterocycles. The Morgan fingerprint density at radius 3 is 2.96 bits per heavy atom. The van der Waals surface area contributed by atoms with Gasteiger partial charge in [0, 0.05) is 24.0 Å². The molecule has 1 saturated heterocycles. The van der Waals surface area contributed by atoms with Crippen LogP contribution in [-0.2, 0) is 14.3 Å². The Kier molecular flexibility index (Phi) is 5.05. The molecule has 1 fully saturated rings. The summed E-state index contributed by atoms with van der Waals surface area (Å²) < 4.78 is 6.22. The maximum absolute atomic E-state index is 11.7. The van der Waals surface area contributed by atoms with Crippen LogP contribution in [0.1, 0.15) is 5.56 Å². The van der Waals surface area contributed by atoms with E-state index in [1.165, 1.54) is 7.11 Å². The molecule has 2 heterocycles. The van der Waals surface area contributed by atoms with E-state index in [4.69, 9.17) is 0 Å². The highest BCUT2D eigenvalue weighted by Gasteiger charge is 2.24. The van der Waals surface area contributed by atoms with Gasteiger partial charge in [0.2, 0.25) is 0 Å². The summed E-state index contributed by atoms with van der Waals surface area (Å²) in [5, 5.41) is 15.0. The largest absolute Gasteiger partial charge is 0.466 e. The van der Waals surface area contributed by atoms with Gasteiger partial charge in [0.15, 0.2) is 5.17 Å². The molecule has 25 heavy (non-hydrogen) atoms. The van der Waals surface area contributed by atoms with Crippen molar-refractivity contribution in [1.29, 1.82) is 0 Å². The summed E-state index contributed by atoms with van der Waals surface area (Å²) in [6.07, 6.45) is 6.20. The van der Waals surface area contributed by atoms with Crippen LogP contribution in [-0.4, -0.2) is 40.1 Å². The smallest absolute Gasteiger partial charge is 0.331 e. The molecule has 3 rings (SSSR count). The average molecular weight is 355 g/mol. The summed E-state index contributed by atoms with van der Waals surface area (Å²) in [5.41, 5.74) is 1.67. The summed E-state index contributed by atoms with van der Waals surface area (Å²) >= 11 is 1.02. The van der Waals surface area contributed by atoms with Gasteiger partial charge in [-0.15, -0.1) is 5.10 Å². The SMILES string of the molecule is COC(=O)/C=C1/S/C(=N\N=Cc2ccccc2-n2cccn2)NC1=O. The predicted molar refractivity (Wildman–Crippen MR) is 94.4 cm³/mol. The van der Waals surface area contributed by atoms with E-state index in [2.05, 4.69) is 25.4 Å². The molecule has 0 unspecified atom stereocenters. The maximum atomic E-state index is 11.7. The number of amidine groups is 1. The minimum Gasteiger partial charge on any atom is -0.466 e. The summed E-state index contributed by atoms with van der Waals surface area (Å²) in [6, 6.07) is 9.39. The maximum Gasteiger partial charge on any atom is 0.331 e. The van der Waals surface area contributed by atoms with Crippen LogP contribution in [0, 0.1) is 0 Å². The van der Waals surface area contributed by atoms with E-state index >= 15 is 0 Å². The summed E-state index contributed by atoms with van der Waals surface area (Å²) in [5.74, 6) is -1.02. The van der Waals surface area contributed by atoms with Crippen molar-refractivity contribution in [1.82, 2.24) is 15.1 Å². The molecule has 0 radical (unpaired) electrons. The van der Waals surface area contributed by atoms with Crippen LogP contribution in [0.4, 0.5) is 0 Å². The number of hydrogen-bond donors (Lipinski definition) is 1. The number of benzene rings is 1. The predicted octanol–water partition coefficient (Wildman–Crippen LogP) is 1.48. The van der Waals surface area contributed by atoms with Gasteiger partial charge in [-0.1, -0.05) is 18.2 Å². The lowest BCUT2D eigenvalue weighted by molar-refractivity contribution is -0.135. The number of methoxy groups -OCH3 is 1. The molecule has 0 spiro atoms. The van der Waals surface area contributed by atoms with Crippen molar-refractivity contribution in [3.05, 3.63) is 59.3 Å².